The molecule has 92 valence electrons. The van der Waals surface area contributed by atoms with Crippen LogP contribution in [-0.4, -0.2) is 33.6 Å². The number of nitrogens with zero attached hydrogens (tertiary/aromatic N) is 2. The molecule has 1 amide bonds. The molecule has 1 saturated heterocycles. The Kier molecular flexibility index (Phi) is 2.65. The van der Waals surface area contributed by atoms with E-state index in [9.17, 15) is 4.79 Å². The van der Waals surface area contributed by atoms with Crippen molar-refractivity contribution in [2.24, 2.45) is 0 Å². The highest BCUT2D eigenvalue weighted by Gasteiger charge is 2.29. The summed E-state index contributed by atoms with van der Waals surface area (Å²) in [7, 11) is 0. The molecule has 3 rings (SSSR count). The summed E-state index contributed by atoms with van der Waals surface area (Å²) in [6, 6.07) is 2.30. The van der Waals surface area contributed by atoms with Gasteiger partial charge in [-0.2, -0.15) is 5.10 Å². The van der Waals surface area contributed by atoms with Crippen molar-refractivity contribution in [2.75, 3.05) is 6.54 Å². The maximum atomic E-state index is 12.3. The molecule has 0 spiro atoms. The topological polar surface area (TPSA) is 49.0 Å². The zero-order chi connectivity index (χ0) is 11.8. The molecule has 1 atom stereocenters. The van der Waals surface area contributed by atoms with E-state index in [0.717, 1.165) is 25.1 Å². The number of hydrogen-bond acceptors (Lipinski definition) is 2. The highest BCUT2D eigenvalue weighted by Crippen LogP contribution is 2.39. The molecular weight excluding hydrogens is 214 g/mol. The largest absolute Gasteiger partial charge is 0.335 e. The van der Waals surface area contributed by atoms with Crippen molar-refractivity contribution in [3.05, 3.63) is 17.5 Å². The Bertz CT molecular complexity index is 422. The summed E-state index contributed by atoms with van der Waals surface area (Å²) in [5, 5.41) is 7.18. The molecule has 1 N–H and O–H groups in total. The number of hydrogen-bond donors (Lipinski definition) is 1. The summed E-state index contributed by atoms with van der Waals surface area (Å²) in [4.78, 5) is 14.3. The minimum Gasteiger partial charge on any atom is -0.335 e. The molecule has 0 bridgehead atoms. The third kappa shape index (κ3) is 2.08. The van der Waals surface area contributed by atoms with Crippen molar-refractivity contribution in [3.8, 4) is 0 Å². The molecule has 1 aliphatic heterocycles. The zero-order valence-corrected chi connectivity index (χ0v) is 10.3. The fraction of sp³-hybridized carbons (Fsp3) is 0.692. The monoisotopic (exact) mass is 233 g/mol. The molecule has 4 nitrogen and oxygen atoms in total. The molecule has 2 fully saturated rings. The van der Waals surface area contributed by atoms with Gasteiger partial charge >= 0.3 is 0 Å². The number of rotatable bonds is 2. The lowest BCUT2D eigenvalue weighted by atomic mass is 10.0. The van der Waals surface area contributed by atoms with Crippen LogP contribution in [0.5, 0.6) is 0 Å². The predicted molar refractivity (Wildman–Crippen MR) is 64.9 cm³/mol. The molecule has 1 saturated carbocycles. The number of H-pyrrole nitrogens is 1. The van der Waals surface area contributed by atoms with Gasteiger partial charge in [0.2, 0.25) is 0 Å². The second kappa shape index (κ2) is 4.17. The van der Waals surface area contributed by atoms with Crippen LogP contribution in [0.1, 0.15) is 61.1 Å². The smallest absolute Gasteiger partial charge is 0.274 e. The average Bonchev–Trinajstić information content (AvgIpc) is 3.07. The normalized spacial score (nSPS) is 25.0. The zero-order valence-electron chi connectivity index (χ0n) is 10.3. The summed E-state index contributed by atoms with van der Waals surface area (Å²) >= 11 is 0. The van der Waals surface area contributed by atoms with Gasteiger partial charge in [0.25, 0.3) is 5.91 Å². The number of piperidine rings is 1. The standard InChI is InChI=1S/C13H19N3O/c1-9-4-2-3-7-16(9)13(17)12-8-11(14-15-12)10-5-6-10/h8-10H,2-7H2,1H3,(H,14,15). The Morgan fingerprint density at radius 1 is 1.41 bits per heavy atom. The average molecular weight is 233 g/mol. The number of amides is 1. The summed E-state index contributed by atoms with van der Waals surface area (Å²) in [5.74, 6) is 0.725. The first kappa shape index (κ1) is 10.8. The van der Waals surface area contributed by atoms with Crippen LogP contribution in [0, 0.1) is 0 Å². The number of carbonyl (C=O) groups excluding carboxylic acids is 1. The lowest BCUT2D eigenvalue weighted by Gasteiger charge is -2.32. The number of aromatic nitrogens is 2. The van der Waals surface area contributed by atoms with Crippen molar-refractivity contribution in [3.63, 3.8) is 0 Å². The van der Waals surface area contributed by atoms with Gasteiger partial charge in [-0.25, -0.2) is 0 Å². The molecule has 4 heteroatoms. The lowest BCUT2D eigenvalue weighted by molar-refractivity contribution is 0.0629. The summed E-state index contributed by atoms with van der Waals surface area (Å²) in [5.41, 5.74) is 1.73. The molecule has 2 heterocycles. The maximum Gasteiger partial charge on any atom is 0.274 e. The molecule has 2 aliphatic rings. The Balaban J connectivity index is 1.75. The van der Waals surface area contributed by atoms with Crippen LogP contribution < -0.4 is 0 Å². The van der Waals surface area contributed by atoms with Gasteiger partial charge in [0, 0.05) is 24.2 Å². The van der Waals surface area contributed by atoms with E-state index in [-0.39, 0.29) is 5.91 Å². The lowest BCUT2D eigenvalue weighted by Crippen LogP contribution is -2.42. The maximum absolute atomic E-state index is 12.3. The van der Waals surface area contributed by atoms with Crippen LogP contribution in [0.3, 0.4) is 0 Å². The van der Waals surface area contributed by atoms with E-state index in [4.69, 9.17) is 0 Å². The Hall–Kier alpha value is -1.32. The number of carbonyl (C=O) groups is 1. The highest BCUT2D eigenvalue weighted by atomic mass is 16.2. The van der Waals surface area contributed by atoms with E-state index in [2.05, 4.69) is 17.1 Å². The van der Waals surface area contributed by atoms with E-state index in [1.807, 2.05) is 11.0 Å². The molecule has 17 heavy (non-hydrogen) atoms. The molecule has 1 unspecified atom stereocenters. The second-order valence-corrected chi connectivity index (χ2v) is 5.33. The van der Waals surface area contributed by atoms with Crippen LogP contribution in [0.25, 0.3) is 0 Å². The minimum absolute atomic E-state index is 0.0975. The van der Waals surface area contributed by atoms with Crippen molar-refractivity contribution in [2.45, 2.75) is 51.0 Å². The molecule has 0 radical (unpaired) electrons. The number of likely N-dealkylation sites (tertiary alicyclic amines) is 1. The van der Waals surface area contributed by atoms with E-state index in [1.54, 1.807) is 0 Å². The van der Waals surface area contributed by atoms with E-state index in [0.29, 0.717) is 17.7 Å². The van der Waals surface area contributed by atoms with Gasteiger partial charge in [-0.05, 0) is 45.1 Å². The van der Waals surface area contributed by atoms with Crippen LogP contribution in [-0.2, 0) is 0 Å². The minimum atomic E-state index is 0.0975. The van der Waals surface area contributed by atoms with Crippen LogP contribution >= 0.6 is 0 Å². The predicted octanol–water partition coefficient (Wildman–Crippen LogP) is 2.30. The summed E-state index contributed by atoms with van der Waals surface area (Å²) < 4.78 is 0. The van der Waals surface area contributed by atoms with Crippen LogP contribution in [0.2, 0.25) is 0 Å². The highest BCUT2D eigenvalue weighted by molar-refractivity contribution is 5.92. The molecular formula is C13H19N3O. The summed E-state index contributed by atoms with van der Waals surface area (Å²) in [6.45, 7) is 3.01. The van der Waals surface area contributed by atoms with Gasteiger partial charge in [-0.1, -0.05) is 0 Å². The van der Waals surface area contributed by atoms with E-state index < -0.39 is 0 Å². The van der Waals surface area contributed by atoms with Crippen molar-refractivity contribution >= 4 is 5.91 Å². The Labute approximate surface area is 101 Å². The van der Waals surface area contributed by atoms with E-state index >= 15 is 0 Å². The van der Waals surface area contributed by atoms with Crippen molar-refractivity contribution < 1.29 is 4.79 Å². The first-order chi connectivity index (χ1) is 8.25. The van der Waals surface area contributed by atoms with Crippen molar-refractivity contribution in [1.29, 1.82) is 0 Å². The molecule has 1 aromatic heterocycles. The number of aromatic amines is 1. The first-order valence-corrected chi connectivity index (χ1v) is 6.62. The SMILES string of the molecule is CC1CCCCN1C(=O)c1cc(C2CC2)[nH]n1. The van der Waals surface area contributed by atoms with Crippen LogP contribution in [0.15, 0.2) is 6.07 Å². The van der Waals surface area contributed by atoms with Gasteiger partial charge in [-0.15, -0.1) is 0 Å². The van der Waals surface area contributed by atoms with Crippen LogP contribution in [0.4, 0.5) is 0 Å². The quantitative estimate of drug-likeness (QED) is 0.852. The van der Waals surface area contributed by atoms with Gasteiger partial charge in [0.1, 0.15) is 5.69 Å². The molecule has 1 aromatic rings. The third-order valence-electron chi connectivity index (χ3n) is 3.90. The van der Waals surface area contributed by atoms with Gasteiger partial charge in [-0.3, -0.25) is 9.89 Å². The van der Waals surface area contributed by atoms with Crippen molar-refractivity contribution in [1.82, 2.24) is 15.1 Å². The fourth-order valence-electron chi connectivity index (χ4n) is 2.60. The molecule has 0 aromatic carbocycles. The summed E-state index contributed by atoms with van der Waals surface area (Å²) in [6.07, 6.45) is 5.94. The third-order valence-corrected chi connectivity index (χ3v) is 3.90. The Morgan fingerprint density at radius 2 is 2.24 bits per heavy atom. The molecule has 1 aliphatic carbocycles. The second-order valence-electron chi connectivity index (χ2n) is 5.33. The number of nitrogens with one attached hydrogen (secondary N) is 1. The fourth-order valence-corrected chi connectivity index (χ4v) is 2.60. The van der Waals surface area contributed by atoms with Gasteiger partial charge in [0.15, 0.2) is 0 Å². The Morgan fingerprint density at radius 3 is 2.94 bits per heavy atom. The van der Waals surface area contributed by atoms with Gasteiger partial charge < -0.3 is 4.90 Å². The van der Waals surface area contributed by atoms with E-state index in [1.165, 1.54) is 19.3 Å². The van der Waals surface area contributed by atoms with Gasteiger partial charge in [0.05, 0.1) is 0 Å². The first-order valence-electron chi connectivity index (χ1n) is 6.62.